The Hall–Kier alpha value is -2.58. The van der Waals surface area contributed by atoms with Crippen molar-refractivity contribution in [3.63, 3.8) is 0 Å². The first-order chi connectivity index (χ1) is 14.3. The van der Waals surface area contributed by atoms with Crippen LogP contribution in [0.4, 0.5) is 0 Å². The highest BCUT2D eigenvalue weighted by Crippen LogP contribution is 2.33. The van der Waals surface area contributed by atoms with Crippen LogP contribution in [0, 0.1) is 0 Å². The lowest BCUT2D eigenvalue weighted by Crippen LogP contribution is -2.38. The minimum absolute atomic E-state index is 0.0349. The largest absolute Gasteiger partial charge is 0.493 e. The number of amides is 1. The first-order valence-electron chi connectivity index (χ1n) is 9.55. The lowest BCUT2D eigenvalue weighted by Gasteiger charge is -2.25. The van der Waals surface area contributed by atoms with Gasteiger partial charge in [0.05, 0.1) is 6.54 Å². The van der Waals surface area contributed by atoms with Crippen LogP contribution in [-0.4, -0.2) is 38.2 Å². The maximum atomic E-state index is 13.2. The summed E-state index contributed by atoms with van der Waals surface area (Å²) in [4.78, 5) is 40.5. The van der Waals surface area contributed by atoms with Crippen molar-refractivity contribution in [2.45, 2.75) is 44.6 Å². The van der Waals surface area contributed by atoms with E-state index in [1.54, 1.807) is 18.2 Å². The normalized spacial score (nSPS) is 14.5. The van der Waals surface area contributed by atoms with Crippen LogP contribution in [0.15, 0.2) is 23.0 Å². The first kappa shape index (κ1) is 22.1. The molecule has 8 nitrogen and oxygen atoms in total. The number of carbonyl (C=O) groups is 2. The second kappa shape index (κ2) is 9.49. The molecule has 0 saturated heterocycles. The van der Waals surface area contributed by atoms with E-state index in [2.05, 4.69) is 10.3 Å². The molecule has 0 unspecified atom stereocenters. The van der Waals surface area contributed by atoms with Gasteiger partial charge in [0.1, 0.15) is 12.4 Å². The number of carbonyl (C=O) groups excluding carboxylic acids is 1. The van der Waals surface area contributed by atoms with Crippen molar-refractivity contribution < 1.29 is 19.8 Å². The zero-order chi connectivity index (χ0) is 21.8. The summed E-state index contributed by atoms with van der Waals surface area (Å²) in [6, 6.07) is 4.87. The predicted molar refractivity (Wildman–Crippen MR) is 112 cm³/mol. The fourth-order valence-corrected chi connectivity index (χ4v) is 4.12. The van der Waals surface area contributed by atoms with E-state index in [1.807, 2.05) is 0 Å². The smallest absolute Gasteiger partial charge is 0.322 e. The molecule has 0 radical (unpaired) electrons. The van der Waals surface area contributed by atoms with Gasteiger partial charge in [0.15, 0.2) is 5.56 Å². The van der Waals surface area contributed by atoms with E-state index < -0.39 is 35.4 Å². The van der Waals surface area contributed by atoms with Gasteiger partial charge in [-0.1, -0.05) is 48.5 Å². The molecule has 0 spiro atoms. The van der Waals surface area contributed by atoms with E-state index in [9.17, 15) is 19.5 Å². The van der Waals surface area contributed by atoms with Gasteiger partial charge in [0.2, 0.25) is 5.88 Å². The summed E-state index contributed by atoms with van der Waals surface area (Å²) >= 11 is 12.2. The number of aliphatic carboxylic acids is 1. The zero-order valence-electron chi connectivity index (χ0n) is 16.0. The second-order valence-electron chi connectivity index (χ2n) is 7.21. The molecule has 1 fully saturated rings. The predicted octanol–water partition coefficient (Wildman–Crippen LogP) is 3.17. The molecule has 1 aromatic carbocycles. The number of aromatic hydroxyl groups is 1. The van der Waals surface area contributed by atoms with Gasteiger partial charge in [-0.25, -0.2) is 0 Å². The molecule has 1 aliphatic carbocycles. The molecule has 160 valence electrons. The minimum Gasteiger partial charge on any atom is -0.493 e. The molecule has 3 rings (SSSR count). The molecule has 0 aliphatic heterocycles. The van der Waals surface area contributed by atoms with Crippen LogP contribution >= 0.6 is 23.2 Å². The van der Waals surface area contributed by atoms with Crippen LogP contribution in [0.3, 0.4) is 0 Å². The van der Waals surface area contributed by atoms with Crippen molar-refractivity contribution in [2.75, 3.05) is 6.54 Å². The van der Waals surface area contributed by atoms with Crippen LogP contribution in [0.5, 0.6) is 5.88 Å². The van der Waals surface area contributed by atoms with Crippen molar-refractivity contribution >= 4 is 35.1 Å². The maximum absolute atomic E-state index is 13.2. The van der Waals surface area contributed by atoms with Crippen molar-refractivity contribution in [3.05, 3.63) is 55.5 Å². The van der Waals surface area contributed by atoms with Gasteiger partial charge < -0.3 is 15.5 Å². The fourth-order valence-electron chi connectivity index (χ4n) is 3.65. The van der Waals surface area contributed by atoms with Crippen LogP contribution < -0.4 is 10.9 Å². The molecular weight excluding hydrogens is 433 g/mol. The molecule has 1 saturated carbocycles. The Morgan fingerprint density at radius 2 is 1.90 bits per heavy atom. The number of nitrogens with one attached hydrogen (secondary N) is 1. The number of carboxylic acid groups (broad SMARTS) is 1. The molecule has 10 heteroatoms. The maximum Gasteiger partial charge on any atom is 0.322 e. The summed E-state index contributed by atoms with van der Waals surface area (Å²) in [5, 5.41) is 22.0. The molecule has 1 heterocycles. The van der Waals surface area contributed by atoms with Crippen molar-refractivity contribution in [1.82, 2.24) is 14.9 Å². The number of hydrogen-bond acceptors (Lipinski definition) is 5. The molecule has 1 aromatic heterocycles. The average molecular weight is 454 g/mol. The third kappa shape index (κ3) is 4.94. The van der Waals surface area contributed by atoms with Crippen LogP contribution in [0.1, 0.15) is 59.8 Å². The van der Waals surface area contributed by atoms with E-state index in [4.69, 9.17) is 28.3 Å². The van der Waals surface area contributed by atoms with Gasteiger partial charge in [0.25, 0.3) is 11.5 Å². The Morgan fingerprint density at radius 1 is 1.20 bits per heavy atom. The number of hydrogen-bond donors (Lipinski definition) is 3. The number of rotatable bonds is 6. The summed E-state index contributed by atoms with van der Waals surface area (Å²) in [5.41, 5.74) is -0.748. The second-order valence-corrected chi connectivity index (χ2v) is 8.05. The number of halogens is 2. The van der Waals surface area contributed by atoms with Gasteiger partial charge in [0, 0.05) is 16.0 Å². The van der Waals surface area contributed by atoms with Crippen LogP contribution in [-0.2, 0) is 11.3 Å². The van der Waals surface area contributed by atoms with Crippen LogP contribution in [0.2, 0.25) is 10.0 Å². The zero-order valence-corrected chi connectivity index (χ0v) is 17.5. The van der Waals surface area contributed by atoms with Crippen molar-refractivity contribution in [3.8, 4) is 5.88 Å². The van der Waals surface area contributed by atoms with Gasteiger partial charge in [-0.05, 0) is 30.5 Å². The minimum atomic E-state index is -1.28. The number of benzene rings is 1. The van der Waals surface area contributed by atoms with Gasteiger partial charge in [-0.15, -0.1) is 0 Å². The summed E-state index contributed by atoms with van der Waals surface area (Å²) in [5.74, 6) is -2.64. The molecule has 2 aromatic rings. The molecule has 1 amide bonds. The Balaban J connectivity index is 2.09. The molecule has 30 heavy (non-hydrogen) atoms. The summed E-state index contributed by atoms with van der Waals surface area (Å²) < 4.78 is 1.33. The summed E-state index contributed by atoms with van der Waals surface area (Å²) in [6.07, 6.45) is 4.66. The Bertz CT molecular complexity index is 1030. The average Bonchev–Trinajstić information content (AvgIpc) is 2.70. The fraction of sp³-hybridized carbons (Fsp3) is 0.400. The number of carboxylic acids is 1. The van der Waals surface area contributed by atoms with Gasteiger partial charge in [-0.3, -0.25) is 19.0 Å². The third-order valence-corrected chi connectivity index (χ3v) is 5.71. The van der Waals surface area contributed by atoms with E-state index in [1.165, 1.54) is 4.57 Å². The Kier molecular flexibility index (Phi) is 6.99. The lowest BCUT2D eigenvalue weighted by molar-refractivity contribution is -0.135. The highest BCUT2D eigenvalue weighted by Gasteiger charge is 2.27. The van der Waals surface area contributed by atoms with Gasteiger partial charge in [-0.2, -0.15) is 4.98 Å². The number of aromatic nitrogens is 2. The first-order valence-corrected chi connectivity index (χ1v) is 10.3. The summed E-state index contributed by atoms with van der Waals surface area (Å²) in [6.45, 7) is -0.655. The lowest BCUT2D eigenvalue weighted by atomic mass is 9.88. The SMILES string of the molecule is O=C(O)CNC(=O)c1c(O)nc(C2CCCCC2)n(Cc2ccc(Cl)cc2Cl)c1=O. The highest BCUT2D eigenvalue weighted by atomic mass is 35.5. The molecule has 3 N–H and O–H groups in total. The topological polar surface area (TPSA) is 122 Å². The molecule has 0 atom stereocenters. The van der Waals surface area contributed by atoms with Gasteiger partial charge >= 0.3 is 5.97 Å². The van der Waals surface area contributed by atoms with E-state index in [-0.39, 0.29) is 12.5 Å². The third-order valence-electron chi connectivity index (χ3n) is 5.12. The summed E-state index contributed by atoms with van der Waals surface area (Å²) in [7, 11) is 0. The quantitative estimate of drug-likeness (QED) is 0.617. The molecule has 1 aliphatic rings. The molecule has 0 bridgehead atoms. The van der Waals surface area contributed by atoms with Crippen LogP contribution in [0.25, 0.3) is 0 Å². The highest BCUT2D eigenvalue weighted by molar-refractivity contribution is 6.35. The molecular formula is C20H21Cl2N3O5. The van der Waals surface area contributed by atoms with E-state index >= 15 is 0 Å². The van der Waals surface area contributed by atoms with Crippen molar-refractivity contribution in [1.29, 1.82) is 0 Å². The monoisotopic (exact) mass is 453 g/mol. The Morgan fingerprint density at radius 3 is 2.53 bits per heavy atom. The van der Waals surface area contributed by atoms with E-state index in [0.717, 1.165) is 32.1 Å². The number of nitrogens with zero attached hydrogens (tertiary/aromatic N) is 2. The van der Waals surface area contributed by atoms with Crippen molar-refractivity contribution in [2.24, 2.45) is 0 Å². The Labute approximate surface area is 182 Å². The standard InChI is InChI=1S/C20H21Cl2N3O5/c21-13-7-6-12(14(22)8-13)10-25-17(11-4-2-1-3-5-11)24-19(29)16(20(25)30)18(28)23-9-15(26)27/h6-8,11,29H,1-5,9-10H2,(H,23,28)(H,26,27). The van der Waals surface area contributed by atoms with E-state index in [0.29, 0.717) is 21.4 Å².